The van der Waals surface area contributed by atoms with Crippen molar-refractivity contribution in [1.29, 1.82) is 0 Å². The molecule has 2 aromatic carbocycles. The molecule has 1 saturated heterocycles. The summed E-state index contributed by atoms with van der Waals surface area (Å²) in [5, 5.41) is 12.1. The minimum absolute atomic E-state index is 0.219. The van der Waals surface area contributed by atoms with Crippen LogP contribution in [0.1, 0.15) is 16.7 Å². The van der Waals surface area contributed by atoms with Crippen LogP contribution in [0.4, 0.5) is 0 Å². The van der Waals surface area contributed by atoms with Crippen LogP contribution in [0, 0.1) is 6.92 Å². The number of aryl methyl sites for hydroxylation is 1. The molecular weight excluding hydrogens is 412 g/mol. The van der Waals surface area contributed by atoms with Gasteiger partial charge in [0, 0.05) is 24.3 Å². The summed E-state index contributed by atoms with van der Waals surface area (Å²) >= 11 is 1.04. The van der Waals surface area contributed by atoms with Crippen molar-refractivity contribution in [3.8, 4) is 0 Å². The molecule has 0 unspecified atom stereocenters. The average Bonchev–Trinajstić information content (AvgIpc) is 3.32. The molecule has 1 aromatic heterocycles. The van der Waals surface area contributed by atoms with Gasteiger partial charge in [-0.15, -0.1) is 5.10 Å². The molecule has 2 heterocycles. The van der Waals surface area contributed by atoms with Crippen LogP contribution in [0.25, 0.3) is 10.9 Å². The maximum Gasteiger partial charge on any atom is 0.331 e. The predicted octanol–water partition coefficient (Wildman–Crippen LogP) is 3.61. The van der Waals surface area contributed by atoms with Gasteiger partial charge >= 0.3 is 5.97 Å². The first-order chi connectivity index (χ1) is 15.0. The highest BCUT2D eigenvalue weighted by Gasteiger charge is 2.24. The summed E-state index contributed by atoms with van der Waals surface area (Å²) in [6.45, 7) is 2.86. The van der Waals surface area contributed by atoms with E-state index < -0.39 is 11.9 Å². The van der Waals surface area contributed by atoms with Gasteiger partial charge in [0.05, 0.1) is 18.2 Å². The Morgan fingerprint density at radius 1 is 1.19 bits per heavy atom. The Morgan fingerprint density at radius 3 is 2.77 bits per heavy atom. The van der Waals surface area contributed by atoms with Gasteiger partial charge in [0.2, 0.25) is 0 Å². The molecule has 0 atom stereocenters. The number of fused-ring (bicyclic) bond motifs is 1. The number of aromatic nitrogens is 1. The van der Waals surface area contributed by atoms with Crippen LogP contribution < -0.4 is 5.32 Å². The second kappa shape index (κ2) is 9.01. The van der Waals surface area contributed by atoms with Crippen LogP contribution in [0.3, 0.4) is 0 Å². The lowest BCUT2D eigenvalue weighted by Crippen LogP contribution is -2.19. The number of nitrogens with one attached hydrogen (secondary N) is 1. The van der Waals surface area contributed by atoms with Crippen molar-refractivity contribution in [3.05, 3.63) is 82.4 Å². The number of carbonyl (C=O) groups excluding carboxylic acids is 2. The van der Waals surface area contributed by atoms with Crippen molar-refractivity contribution in [3.63, 3.8) is 0 Å². The molecule has 1 aliphatic rings. The predicted molar refractivity (Wildman–Crippen MR) is 123 cm³/mol. The Bertz CT molecular complexity index is 1240. The molecule has 31 heavy (non-hydrogen) atoms. The number of thioether (sulfide) groups is 1. The first-order valence-corrected chi connectivity index (χ1v) is 10.4. The third-order valence-corrected chi connectivity index (χ3v) is 5.63. The lowest BCUT2D eigenvalue weighted by Gasteiger charge is -2.07. The van der Waals surface area contributed by atoms with E-state index in [9.17, 15) is 9.59 Å². The number of hydrogen-bond donors (Lipinski definition) is 1. The number of rotatable bonds is 5. The highest BCUT2D eigenvalue weighted by Crippen LogP contribution is 2.23. The molecular formula is C23H20N4O3S. The van der Waals surface area contributed by atoms with Crippen molar-refractivity contribution in [1.82, 2.24) is 9.88 Å². The molecule has 7 nitrogen and oxygen atoms in total. The zero-order chi connectivity index (χ0) is 21.8. The fourth-order valence-corrected chi connectivity index (χ4v) is 3.84. The summed E-state index contributed by atoms with van der Waals surface area (Å²) in [5.74, 6) is -0.996. The second-order valence-corrected chi connectivity index (χ2v) is 8.02. The molecule has 3 aromatic rings. The van der Waals surface area contributed by atoms with Gasteiger partial charge in [-0.2, -0.15) is 5.10 Å². The summed E-state index contributed by atoms with van der Waals surface area (Å²) < 4.78 is 6.73. The number of hydrogen-bond acceptors (Lipinski definition) is 6. The Morgan fingerprint density at radius 2 is 2.00 bits per heavy atom. The fourth-order valence-electron chi connectivity index (χ4n) is 3.10. The minimum atomic E-state index is -0.593. The van der Waals surface area contributed by atoms with Crippen molar-refractivity contribution in [2.24, 2.45) is 10.2 Å². The molecule has 1 amide bonds. The number of esters is 1. The highest BCUT2D eigenvalue weighted by molar-refractivity contribution is 8.18. The van der Waals surface area contributed by atoms with Gasteiger partial charge in [-0.1, -0.05) is 42.0 Å². The van der Waals surface area contributed by atoms with Crippen LogP contribution in [0.2, 0.25) is 0 Å². The maximum atomic E-state index is 11.8. The number of nitrogens with zero attached hydrogens (tertiary/aromatic N) is 3. The van der Waals surface area contributed by atoms with E-state index in [1.165, 1.54) is 18.2 Å². The Kier molecular flexibility index (Phi) is 5.99. The van der Waals surface area contributed by atoms with E-state index in [-0.39, 0.29) is 4.91 Å². The summed E-state index contributed by atoms with van der Waals surface area (Å²) in [5.41, 5.74) is 4.47. The number of amidine groups is 1. The van der Waals surface area contributed by atoms with Crippen molar-refractivity contribution in [2.75, 3.05) is 7.11 Å². The Labute approximate surface area is 183 Å². The van der Waals surface area contributed by atoms with E-state index in [0.29, 0.717) is 5.17 Å². The van der Waals surface area contributed by atoms with E-state index in [1.807, 2.05) is 12.1 Å². The molecule has 0 saturated carbocycles. The smallest absolute Gasteiger partial charge is 0.331 e. The molecule has 1 N–H and O–H groups in total. The van der Waals surface area contributed by atoms with Crippen LogP contribution >= 0.6 is 11.8 Å². The molecule has 1 fully saturated rings. The van der Waals surface area contributed by atoms with E-state index in [2.05, 4.69) is 74.3 Å². The first kappa shape index (κ1) is 20.6. The standard InChI is InChI=1S/C23H20N4O3S/c1-15-3-5-16(6-4-15)14-27-10-9-18-8-7-17(11-19(18)27)13-24-26-23-25-22(29)20(31-23)12-21(28)30-2/h3-13H,14H2,1-2H3,(H,25,26,29)/b20-12+,24-13?. The first-order valence-electron chi connectivity index (χ1n) is 9.56. The number of ether oxygens (including phenoxy) is 1. The van der Waals surface area contributed by atoms with Crippen molar-refractivity contribution < 1.29 is 14.3 Å². The van der Waals surface area contributed by atoms with E-state index in [0.717, 1.165) is 40.8 Å². The second-order valence-electron chi connectivity index (χ2n) is 6.99. The minimum Gasteiger partial charge on any atom is -0.466 e. The number of benzene rings is 2. The summed E-state index contributed by atoms with van der Waals surface area (Å²) in [6.07, 6.45) is 4.83. The van der Waals surface area contributed by atoms with Crippen LogP contribution in [0.5, 0.6) is 0 Å². The van der Waals surface area contributed by atoms with Crippen LogP contribution in [-0.2, 0) is 20.9 Å². The van der Waals surface area contributed by atoms with Gasteiger partial charge in [0.25, 0.3) is 5.91 Å². The van der Waals surface area contributed by atoms with E-state index in [1.54, 1.807) is 6.21 Å². The van der Waals surface area contributed by atoms with Gasteiger partial charge in [0.1, 0.15) is 0 Å². The van der Waals surface area contributed by atoms with E-state index >= 15 is 0 Å². The topological polar surface area (TPSA) is 85.0 Å². The SMILES string of the molecule is COC(=O)/C=C1/S/C(=N\N=Cc2ccc3ccn(Cc4ccc(C)cc4)c3c2)NC1=O. The molecule has 0 spiro atoms. The molecule has 8 heteroatoms. The largest absolute Gasteiger partial charge is 0.466 e. The Hall–Kier alpha value is -3.65. The number of methoxy groups -OCH3 is 1. The quantitative estimate of drug-likeness (QED) is 0.289. The Balaban J connectivity index is 1.50. The van der Waals surface area contributed by atoms with E-state index in [4.69, 9.17) is 0 Å². The molecule has 1 aliphatic heterocycles. The van der Waals surface area contributed by atoms with Gasteiger partial charge < -0.3 is 9.30 Å². The zero-order valence-electron chi connectivity index (χ0n) is 17.0. The third-order valence-electron chi connectivity index (χ3n) is 4.73. The molecule has 156 valence electrons. The molecule has 0 bridgehead atoms. The summed E-state index contributed by atoms with van der Waals surface area (Å²) in [4.78, 5) is 23.4. The fraction of sp³-hybridized carbons (Fsp3) is 0.130. The molecule has 0 aliphatic carbocycles. The normalized spacial score (nSPS) is 16.5. The third kappa shape index (κ3) is 4.92. The highest BCUT2D eigenvalue weighted by atomic mass is 32.2. The van der Waals surface area contributed by atoms with Crippen LogP contribution in [-0.4, -0.2) is 34.9 Å². The van der Waals surface area contributed by atoms with Gasteiger partial charge in [-0.3, -0.25) is 10.1 Å². The lowest BCUT2D eigenvalue weighted by atomic mass is 10.1. The number of carbonyl (C=O) groups is 2. The van der Waals surface area contributed by atoms with Crippen molar-refractivity contribution in [2.45, 2.75) is 13.5 Å². The van der Waals surface area contributed by atoms with Gasteiger partial charge in [-0.05, 0) is 47.3 Å². The number of amides is 1. The maximum absolute atomic E-state index is 11.8. The lowest BCUT2D eigenvalue weighted by molar-refractivity contribution is -0.135. The molecule has 4 rings (SSSR count). The van der Waals surface area contributed by atoms with Gasteiger partial charge in [-0.25, -0.2) is 4.79 Å². The zero-order valence-corrected chi connectivity index (χ0v) is 17.8. The summed E-state index contributed by atoms with van der Waals surface area (Å²) in [7, 11) is 1.25. The monoisotopic (exact) mass is 432 g/mol. The summed E-state index contributed by atoms with van der Waals surface area (Å²) in [6, 6.07) is 16.6. The van der Waals surface area contributed by atoms with Crippen molar-refractivity contribution >= 4 is 45.9 Å². The van der Waals surface area contributed by atoms with Crippen LogP contribution in [0.15, 0.2) is 75.9 Å². The molecule has 0 radical (unpaired) electrons. The van der Waals surface area contributed by atoms with Gasteiger partial charge in [0.15, 0.2) is 5.17 Å². The average molecular weight is 433 g/mol.